The minimum atomic E-state index is -4.26. The number of hydrogen-bond acceptors (Lipinski definition) is 8. The van der Waals surface area contributed by atoms with E-state index in [1.165, 1.54) is 16.6 Å². The van der Waals surface area contributed by atoms with Crippen molar-refractivity contribution in [3.8, 4) is 0 Å². The Bertz CT molecular complexity index is 1680. The molecule has 12 heteroatoms. The molecule has 1 heterocycles. The van der Waals surface area contributed by atoms with Gasteiger partial charge in [-0.15, -0.1) is 0 Å². The quantitative estimate of drug-likeness (QED) is 0.203. The molecule has 5 rings (SSSR count). The van der Waals surface area contributed by atoms with E-state index in [4.69, 9.17) is 15.6 Å². The Labute approximate surface area is 313 Å². The second kappa shape index (κ2) is 12.8. The summed E-state index contributed by atoms with van der Waals surface area (Å²) < 4.78 is 34.2. The van der Waals surface area contributed by atoms with Crippen LogP contribution in [0.15, 0.2) is 23.1 Å². The number of rotatable bonds is 9. The number of primary sulfonamides is 1. The number of aliphatic hydroxyl groups is 1. The first kappa shape index (κ1) is 41.3. The first-order chi connectivity index (χ1) is 23.6. The number of carboxylic acid groups (broad SMARTS) is 1. The third-order valence-corrected chi connectivity index (χ3v) is 17.3. The highest BCUT2D eigenvalue weighted by atomic mass is 32.2. The average Bonchev–Trinajstić information content (AvgIpc) is 3.50. The number of aromatic nitrogens is 3. The summed E-state index contributed by atoms with van der Waals surface area (Å²) in [5, 5.41) is 33.2. The van der Waals surface area contributed by atoms with E-state index in [0.717, 1.165) is 25.7 Å². The maximum absolute atomic E-state index is 13.5. The standard InChI is InChI=1S/C40H69N5O6S/c1-23(2)24(3)36(10)18-19-37(11)26-14-15-29-35(8,9)31(51-21-39(13,41)34(5,6)7)28(45-33(43-22-44-45)52(42,49)50)20-40(29,25(4)46)27(26)16-17-38(37,12)30(36)32(47)48/h16,22-26,28-31,46H,14-15,17-21,41H2,1-13H3,(H,47,48)(H2,42,49,50)/t24-,25+,26+,28-,29+,30-,31+,36-,37-,38+,39+,40+/m1/s1. The van der Waals surface area contributed by atoms with Crippen LogP contribution in [-0.4, -0.2) is 63.7 Å². The number of nitrogens with zero attached hydrogens (tertiary/aromatic N) is 3. The number of sulfonamides is 1. The number of fused-ring (bicyclic) bond motifs is 5. The van der Waals surface area contributed by atoms with Crippen LogP contribution < -0.4 is 10.9 Å². The molecule has 12 atom stereocenters. The summed E-state index contributed by atoms with van der Waals surface area (Å²) >= 11 is 0. The molecule has 0 aromatic carbocycles. The van der Waals surface area contributed by atoms with Crippen molar-refractivity contribution in [2.24, 2.45) is 73.0 Å². The molecule has 0 saturated heterocycles. The first-order valence-electron chi connectivity index (χ1n) is 19.5. The molecule has 0 spiro atoms. The minimum absolute atomic E-state index is 0.0356. The summed E-state index contributed by atoms with van der Waals surface area (Å²) in [7, 11) is -4.26. The smallest absolute Gasteiger partial charge is 0.307 e. The molecule has 0 radical (unpaired) electrons. The second-order valence-electron chi connectivity index (χ2n) is 20.4. The Morgan fingerprint density at radius 3 is 2.19 bits per heavy atom. The van der Waals surface area contributed by atoms with Gasteiger partial charge in [-0.2, -0.15) is 5.10 Å². The average molecular weight is 748 g/mol. The Balaban J connectivity index is 1.70. The zero-order valence-electron chi connectivity index (χ0n) is 34.2. The van der Waals surface area contributed by atoms with Gasteiger partial charge in [-0.3, -0.25) is 4.79 Å². The van der Waals surface area contributed by atoms with Crippen LogP contribution in [-0.2, 0) is 19.6 Å². The van der Waals surface area contributed by atoms with Crippen molar-refractivity contribution in [2.75, 3.05) is 6.61 Å². The predicted molar refractivity (Wildman–Crippen MR) is 202 cm³/mol. The number of allylic oxidation sites excluding steroid dienone is 1. The number of carboxylic acids is 1. The van der Waals surface area contributed by atoms with Crippen LogP contribution >= 0.6 is 0 Å². The van der Waals surface area contributed by atoms with Crippen LogP contribution in [0.3, 0.4) is 0 Å². The third kappa shape index (κ3) is 5.86. The SMILES string of the molecule is CC(C)[C@@H](C)[C@@]1(C)CC[C@]2(C)[C@H]3CC[C@H]4C(C)(C)[C@@H](OC[C@](C)(N)C(C)(C)C)[C@H](n5ncnc5S(N)(=O)=O)C[C@]4([C@H](C)O)C3=CC[C@@]2(C)[C@@H]1C(=O)O. The Kier molecular flexibility index (Phi) is 10.2. The summed E-state index contributed by atoms with van der Waals surface area (Å²) in [6, 6.07) is -0.651. The molecule has 11 nitrogen and oxygen atoms in total. The largest absolute Gasteiger partial charge is 0.481 e. The molecule has 6 N–H and O–H groups in total. The first-order valence-corrected chi connectivity index (χ1v) is 21.0. The topological polar surface area (TPSA) is 184 Å². The van der Waals surface area contributed by atoms with E-state index in [1.54, 1.807) is 0 Å². The van der Waals surface area contributed by atoms with E-state index in [1.807, 2.05) is 13.8 Å². The molecule has 3 fully saturated rings. The van der Waals surface area contributed by atoms with E-state index >= 15 is 0 Å². The molecule has 52 heavy (non-hydrogen) atoms. The zero-order chi connectivity index (χ0) is 39.4. The Hall–Kier alpha value is -1.86. The van der Waals surface area contributed by atoms with Gasteiger partial charge in [-0.1, -0.05) is 87.8 Å². The molecule has 0 unspecified atom stereocenters. The zero-order valence-corrected chi connectivity index (χ0v) is 35.0. The van der Waals surface area contributed by atoms with E-state index in [0.29, 0.717) is 18.8 Å². The van der Waals surface area contributed by atoms with Gasteiger partial charge in [0.1, 0.15) is 6.33 Å². The fourth-order valence-corrected chi connectivity index (χ4v) is 12.8. The third-order valence-electron chi connectivity index (χ3n) is 16.5. The van der Waals surface area contributed by atoms with Gasteiger partial charge >= 0.3 is 5.97 Å². The number of hydrogen-bond donors (Lipinski definition) is 4. The van der Waals surface area contributed by atoms with Gasteiger partial charge in [-0.05, 0) is 103 Å². The molecule has 1 aromatic heterocycles. The predicted octanol–water partition coefficient (Wildman–Crippen LogP) is 6.57. The molecule has 0 aliphatic heterocycles. The normalized spacial score (nSPS) is 40.1. The summed E-state index contributed by atoms with van der Waals surface area (Å²) in [4.78, 5) is 17.6. The highest BCUT2D eigenvalue weighted by molar-refractivity contribution is 7.89. The van der Waals surface area contributed by atoms with Crippen LogP contribution in [0, 0.1) is 62.1 Å². The lowest BCUT2D eigenvalue weighted by Gasteiger charge is -2.70. The highest BCUT2D eigenvalue weighted by Crippen LogP contribution is 2.75. The minimum Gasteiger partial charge on any atom is -0.481 e. The van der Waals surface area contributed by atoms with Crippen LogP contribution in [0.25, 0.3) is 0 Å². The van der Waals surface area contributed by atoms with Crippen LogP contribution in [0.5, 0.6) is 0 Å². The van der Waals surface area contributed by atoms with Crippen LogP contribution in [0.2, 0.25) is 0 Å². The maximum atomic E-state index is 13.5. The van der Waals surface area contributed by atoms with E-state index in [2.05, 4.69) is 92.3 Å². The number of carbonyl (C=O) groups is 1. The van der Waals surface area contributed by atoms with Crippen molar-refractivity contribution in [2.45, 2.75) is 157 Å². The van der Waals surface area contributed by atoms with E-state index in [-0.39, 0.29) is 45.8 Å². The number of nitrogens with two attached hydrogens (primary N) is 2. The maximum Gasteiger partial charge on any atom is 0.307 e. The molecule has 4 aliphatic rings. The van der Waals surface area contributed by atoms with Crippen molar-refractivity contribution in [3.63, 3.8) is 0 Å². The molecule has 0 bridgehead atoms. The summed E-state index contributed by atoms with van der Waals surface area (Å²) in [6.07, 6.45) is 6.47. The fourth-order valence-electron chi connectivity index (χ4n) is 12.2. The molecule has 4 aliphatic carbocycles. The molecule has 0 amide bonds. The Morgan fingerprint density at radius 2 is 1.67 bits per heavy atom. The fraction of sp³-hybridized carbons (Fsp3) is 0.875. The van der Waals surface area contributed by atoms with E-state index in [9.17, 15) is 23.4 Å². The van der Waals surface area contributed by atoms with Gasteiger partial charge in [0.15, 0.2) is 0 Å². The van der Waals surface area contributed by atoms with Crippen molar-refractivity contribution in [1.82, 2.24) is 14.8 Å². The summed E-state index contributed by atoms with van der Waals surface area (Å²) in [6.45, 7) is 28.0. The number of aliphatic hydroxyl groups excluding tert-OH is 1. The van der Waals surface area contributed by atoms with Gasteiger partial charge < -0.3 is 20.7 Å². The lowest BCUT2D eigenvalue weighted by atomic mass is 9.34. The lowest BCUT2D eigenvalue weighted by molar-refractivity contribution is -0.217. The highest BCUT2D eigenvalue weighted by Gasteiger charge is 2.71. The van der Waals surface area contributed by atoms with Gasteiger partial charge in [0.25, 0.3) is 15.2 Å². The molecule has 3 saturated carbocycles. The monoisotopic (exact) mass is 747 g/mol. The van der Waals surface area contributed by atoms with Gasteiger partial charge in [0, 0.05) is 11.0 Å². The van der Waals surface area contributed by atoms with Gasteiger partial charge in [-0.25, -0.2) is 23.2 Å². The van der Waals surface area contributed by atoms with Crippen molar-refractivity contribution >= 4 is 16.0 Å². The van der Waals surface area contributed by atoms with Crippen molar-refractivity contribution in [1.29, 1.82) is 0 Å². The van der Waals surface area contributed by atoms with Crippen molar-refractivity contribution in [3.05, 3.63) is 18.0 Å². The van der Waals surface area contributed by atoms with E-state index < -0.39 is 61.9 Å². The van der Waals surface area contributed by atoms with Gasteiger partial charge in [0.2, 0.25) is 0 Å². The summed E-state index contributed by atoms with van der Waals surface area (Å²) in [5.74, 6) is -0.693. The number of ether oxygens (including phenoxy) is 1. The van der Waals surface area contributed by atoms with Crippen LogP contribution in [0.4, 0.5) is 0 Å². The van der Waals surface area contributed by atoms with Gasteiger partial charge in [0.05, 0.1) is 30.8 Å². The second-order valence-corrected chi connectivity index (χ2v) is 21.9. The molecular weight excluding hydrogens is 679 g/mol. The van der Waals surface area contributed by atoms with Crippen molar-refractivity contribution < 1.29 is 28.2 Å². The lowest BCUT2D eigenvalue weighted by Crippen LogP contribution is -2.67. The van der Waals surface area contributed by atoms with Crippen LogP contribution in [0.1, 0.15) is 135 Å². The summed E-state index contributed by atoms with van der Waals surface area (Å²) in [5.41, 5.74) is 4.45. The Morgan fingerprint density at radius 1 is 1.06 bits per heavy atom. The number of aliphatic carboxylic acids is 1. The molecule has 1 aromatic rings. The molecule has 296 valence electrons. The molecular formula is C40H69N5O6S.